The first kappa shape index (κ1) is 20.5. The molecule has 2 N–H and O–H groups in total. The SMILES string of the molecule is CN(C)C(=O)COc1ccccc1C(=O)NCCC(C)(O)c1ccccc1. The van der Waals surface area contributed by atoms with Crippen molar-refractivity contribution in [2.45, 2.75) is 18.9 Å². The van der Waals surface area contributed by atoms with Crippen molar-refractivity contribution in [3.63, 3.8) is 0 Å². The zero-order valence-corrected chi connectivity index (χ0v) is 15.9. The lowest BCUT2D eigenvalue weighted by molar-refractivity contribution is -0.130. The number of ether oxygens (including phenoxy) is 1. The number of para-hydroxylation sites is 1. The fraction of sp³-hybridized carbons (Fsp3) is 0.333. The smallest absolute Gasteiger partial charge is 0.259 e. The number of rotatable bonds is 8. The molecule has 27 heavy (non-hydrogen) atoms. The second-order valence-corrected chi connectivity index (χ2v) is 6.72. The molecular weight excluding hydrogens is 344 g/mol. The van der Waals surface area contributed by atoms with Gasteiger partial charge < -0.3 is 20.1 Å². The minimum Gasteiger partial charge on any atom is -0.483 e. The zero-order valence-electron chi connectivity index (χ0n) is 15.9. The average Bonchev–Trinajstić information content (AvgIpc) is 2.66. The third kappa shape index (κ3) is 5.82. The quantitative estimate of drug-likeness (QED) is 0.747. The highest BCUT2D eigenvalue weighted by molar-refractivity contribution is 5.97. The number of benzene rings is 2. The van der Waals surface area contributed by atoms with Crippen LogP contribution in [0, 0.1) is 0 Å². The van der Waals surface area contributed by atoms with Gasteiger partial charge in [0.1, 0.15) is 5.75 Å². The van der Waals surface area contributed by atoms with E-state index in [0.29, 0.717) is 24.3 Å². The predicted octanol–water partition coefficient (Wildman–Crippen LogP) is 2.18. The van der Waals surface area contributed by atoms with E-state index in [0.717, 1.165) is 5.56 Å². The molecular formula is C21H26N2O4. The Labute approximate surface area is 159 Å². The number of carbonyl (C=O) groups excluding carboxylic acids is 2. The average molecular weight is 370 g/mol. The van der Waals surface area contributed by atoms with Gasteiger partial charge in [-0.25, -0.2) is 0 Å². The van der Waals surface area contributed by atoms with E-state index in [1.807, 2.05) is 30.3 Å². The number of nitrogens with one attached hydrogen (secondary N) is 1. The molecule has 0 aliphatic rings. The molecule has 144 valence electrons. The van der Waals surface area contributed by atoms with Gasteiger partial charge in [0, 0.05) is 20.6 Å². The topological polar surface area (TPSA) is 78.9 Å². The summed E-state index contributed by atoms with van der Waals surface area (Å²) in [6, 6.07) is 16.1. The van der Waals surface area contributed by atoms with Crippen LogP contribution >= 0.6 is 0 Å². The second-order valence-electron chi connectivity index (χ2n) is 6.72. The van der Waals surface area contributed by atoms with Crippen LogP contribution in [0.2, 0.25) is 0 Å². The highest BCUT2D eigenvalue weighted by Crippen LogP contribution is 2.24. The molecule has 1 unspecified atom stereocenters. The van der Waals surface area contributed by atoms with Crippen LogP contribution in [0.15, 0.2) is 54.6 Å². The summed E-state index contributed by atoms with van der Waals surface area (Å²) in [7, 11) is 3.28. The van der Waals surface area contributed by atoms with Crippen molar-refractivity contribution in [3.8, 4) is 5.75 Å². The van der Waals surface area contributed by atoms with E-state index >= 15 is 0 Å². The van der Waals surface area contributed by atoms with Gasteiger partial charge in [0.15, 0.2) is 6.61 Å². The Morgan fingerprint density at radius 1 is 1.07 bits per heavy atom. The Morgan fingerprint density at radius 3 is 2.37 bits per heavy atom. The number of aliphatic hydroxyl groups is 1. The van der Waals surface area contributed by atoms with E-state index in [1.165, 1.54) is 4.90 Å². The predicted molar refractivity (Wildman–Crippen MR) is 104 cm³/mol. The summed E-state index contributed by atoms with van der Waals surface area (Å²) in [5.41, 5.74) is 0.108. The van der Waals surface area contributed by atoms with Gasteiger partial charge in [0.2, 0.25) is 0 Å². The molecule has 2 rings (SSSR count). The molecule has 0 saturated heterocycles. The Hall–Kier alpha value is -2.86. The first-order valence-electron chi connectivity index (χ1n) is 8.79. The van der Waals surface area contributed by atoms with E-state index in [-0.39, 0.29) is 18.4 Å². The summed E-state index contributed by atoms with van der Waals surface area (Å²) < 4.78 is 5.50. The van der Waals surface area contributed by atoms with Gasteiger partial charge in [0.25, 0.3) is 11.8 Å². The summed E-state index contributed by atoms with van der Waals surface area (Å²) in [6.45, 7) is 1.88. The first-order chi connectivity index (χ1) is 12.8. The van der Waals surface area contributed by atoms with Crippen molar-refractivity contribution < 1.29 is 19.4 Å². The van der Waals surface area contributed by atoms with Gasteiger partial charge >= 0.3 is 0 Å². The van der Waals surface area contributed by atoms with E-state index in [4.69, 9.17) is 4.74 Å². The van der Waals surface area contributed by atoms with Gasteiger partial charge in [-0.1, -0.05) is 42.5 Å². The van der Waals surface area contributed by atoms with E-state index in [9.17, 15) is 14.7 Å². The minimum absolute atomic E-state index is 0.139. The highest BCUT2D eigenvalue weighted by Gasteiger charge is 2.23. The Morgan fingerprint density at radius 2 is 1.70 bits per heavy atom. The molecule has 0 bridgehead atoms. The molecule has 2 amide bonds. The lowest BCUT2D eigenvalue weighted by Crippen LogP contribution is -2.32. The molecule has 0 heterocycles. The lowest BCUT2D eigenvalue weighted by Gasteiger charge is -2.24. The van der Waals surface area contributed by atoms with Crippen LogP contribution in [0.5, 0.6) is 5.75 Å². The number of likely N-dealkylation sites (N-methyl/N-ethyl adjacent to an activating group) is 1. The summed E-state index contributed by atoms with van der Waals surface area (Å²) in [6.07, 6.45) is 0.366. The maximum Gasteiger partial charge on any atom is 0.259 e. The van der Waals surface area contributed by atoms with Crippen molar-refractivity contribution >= 4 is 11.8 Å². The van der Waals surface area contributed by atoms with Crippen LogP contribution in [0.3, 0.4) is 0 Å². The van der Waals surface area contributed by atoms with Gasteiger partial charge in [-0.05, 0) is 31.0 Å². The maximum absolute atomic E-state index is 12.5. The van der Waals surface area contributed by atoms with Crippen molar-refractivity contribution in [2.75, 3.05) is 27.2 Å². The van der Waals surface area contributed by atoms with Gasteiger partial charge in [-0.2, -0.15) is 0 Å². The number of hydrogen-bond donors (Lipinski definition) is 2. The van der Waals surface area contributed by atoms with Crippen LogP contribution in [-0.2, 0) is 10.4 Å². The van der Waals surface area contributed by atoms with Crippen LogP contribution in [0.1, 0.15) is 29.3 Å². The van der Waals surface area contributed by atoms with Crippen LogP contribution in [-0.4, -0.2) is 49.1 Å². The van der Waals surface area contributed by atoms with Crippen LogP contribution in [0.4, 0.5) is 0 Å². The van der Waals surface area contributed by atoms with Crippen LogP contribution in [0.25, 0.3) is 0 Å². The van der Waals surface area contributed by atoms with E-state index in [2.05, 4.69) is 5.32 Å². The molecule has 0 spiro atoms. The molecule has 0 saturated carbocycles. The van der Waals surface area contributed by atoms with Crippen molar-refractivity contribution in [2.24, 2.45) is 0 Å². The third-order valence-corrected chi connectivity index (χ3v) is 4.27. The number of nitrogens with zero attached hydrogens (tertiary/aromatic N) is 1. The molecule has 0 aromatic heterocycles. The standard InChI is InChI=1S/C21H26N2O4/c1-21(26,16-9-5-4-6-10-16)13-14-22-20(25)17-11-7-8-12-18(17)27-15-19(24)23(2)3/h4-12,26H,13-15H2,1-3H3,(H,22,25). The van der Waals surface area contributed by atoms with E-state index in [1.54, 1.807) is 45.3 Å². The lowest BCUT2D eigenvalue weighted by atomic mass is 9.92. The monoisotopic (exact) mass is 370 g/mol. The Balaban J connectivity index is 1.95. The van der Waals surface area contributed by atoms with Gasteiger partial charge in [-0.3, -0.25) is 9.59 Å². The van der Waals surface area contributed by atoms with Crippen LogP contribution < -0.4 is 10.1 Å². The second kappa shape index (κ2) is 9.19. The van der Waals surface area contributed by atoms with Gasteiger partial charge in [0.05, 0.1) is 11.2 Å². The molecule has 2 aromatic carbocycles. The number of hydrogen-bond acceptors (Lipinski definition) is 4. The molecule has 1 atom stereocenters. The first-order valence-corrected chi connectivity index (χ1v) is 8.79. The Kier molecular flexibility index (Phi) is 6.96. The number of carbonyl (C=O) groups is 2. The van der Waals surface area contributed by atoms with Crippen molar-refractivity contribution in [1.29, 1.82) is 0 Å². The zero-order chi connectivity index (χ0) is 19.9. The number of amides is 2. The minimum atomic E-state index is -1.04. The molecule has 0 radical (unpaired) electrons. The largest absolute Gasteiger partial charge is 0.483 e. The third-order valence-electron chi connectivity index (χ3n) is 4.27. The summed E-state index contributed by atoms with van der Waals surface area (Å²) in [5.74, 6) is -0.157. The van der Waals surface area contributed by atoms with Crippen molar-refractivity contribution in [1.82, 2.24) is 10.2 Å². The molecule has 0 fully saturated rings. The fourth-order valence-electron chi connectivity index (χ4n) is 2.50. The Bertz CT molecular complexity index is 773. The molecule has 6 heteroatoms. The van der Waals surface area contributed by atoms with Crippen molar-refractivity contribution in [3.05, 3.63) is 65.7 Å². The normalized spacial score (nSPS) is 12.7. The summed E-state index contributed by atoms with van der Waals surface area (Å²) in [4.78, 5) is 25.6. The summed E-state index contributed by atoms with van der Waals surface area (Å²) >= 11 is 0. The van der Waals surface area contributed by atoms with E-state index < -0.39 is 5.60 Å². The fourth-order valence-corrected chi connectivity index (χ4v) is 2.50. The van der Waals surface area contributed by atoms with Gasteiger partial charge in [-0.15, -0.1) is 0 Å². The molecule has 0 aliphatic carbocycles. The maximum atomic E-state index is 12.5. The summed E-state index contributed by atoms with van der Waals surface area (Å²) in [5, 5.41) is 13.4. The molecule has 2 aromatic rings. The molecule has 6 nitrogen and oxygen atoms in total. The molecule has 0 aliphatic heterocycles. The highest BCUT2D eigenvalue weighted by atomic mass is 16.5.